The molecule has 1 aromatic carbocycles. The van der Waals surface area contributed by atoms with E-state index < -0.39 is 5.54 Å². The molecule has 4 aliphatic rings. The molecule has 5 rings (SSSR count). The van der Waals surface area contributed by atoms with Gasteiger partial charge in [-0.3, -0.25) is 9.69 Å². The largest absolute Gasteiger partial charge is 0.381 e. The van der Waals surface area contributed by atoms with Gasteiger partial charge in [-0.2, -0.15) is 0 Å². The molecule has 3 aliphatic carbocycles. The lowest BCUT2D eigenvalue weighted by molar-refractivity contribution is -0.137. The number of carbonyl (C=O) groups excluding carboxylic acids is 1. The van der Waals surface area contributed by atoms with Gasteiger partial charge < -0.3 is 10.5 Å². The van der Waals surface area contributed by atoms with E-state index in [1.807, 2.05) is 6.07 Å². The van der Waals surface area contributed by atoms with E-state index in [9.17, 15) is 9.18 Å². The maximum atomic E-state index is 14.8. The Balaban J connectivity index is 1.69. The first kappa shape index (κ1) is 17.2. The molecule has 1 aromatic rings. The van der Waals surface area contributed by atoms with Crippen molar-refractivity contribution in [1.29, 1.82) is 0 Å². The predicted molar refractivity (Wildman–Crippen MR) is 99.8 cm³/mol. The molecule has 1 heterocycles. The molecule has 1 atom stereocenters. The normalized spacial score (nSPS) is 35.2. The van der Waals surface area contributed by atoms with Gasteiger partial charge in [-0.05, 0) is 79.7 Å². The summed E-state index contributed by atoms with van der Waals surface area (Å²) in [5.41, 5.74) is 7.33. The fraction of sp³-hybridized carbons (Fsp3) is 0.619. The third kappa shape index (κ3) is 2.13. The van der Waals surface area contributed by atoms with Crippen LogP contribution in [0.1, 0.15) is 61.1 Å². The molecule has 2 spiro atoms. The highest BCUT2D eigenvalue weighted by Gasteiger charge is 2.66. The Morgan fingerprint density at radius 1 is 1.26 bits per heavy atom. The van der Waals surface area contributed by atoms with Gasteiger partial charge in [0.2, 0.25) is 0 Å². The van der Waals surface area contributed by atoms with Gasteiger partial charge in [-0.25, -0.2) is 9.38 Å². The van der Waals surface area contributed by atoms with Crippen LogP contribution in [0.25, 0.3) is 0 Å². The fourth-order valence-corrected chi connectivity index (χ4v) is 5.68. The standard InChI is InChI=1S/C21H26FN3O2/c1-25-18(26)21(24-19(25)23)16-10-15(12-3-4-12)17(22)9-13(16)11-20(21)7-5-14(27-2)6-8-20/h9-10,12,14H,3-8,11H2,1-2H3,(H2,23,24). The molecule has 2 saturated carbocycles. The van der Waals surface area contributed by atoms with Gasteiger partial charge in [0.25, 0.3) is 5.91 Å². The number of hydrogen-bond donors (Lipinski definition) is 1. The summed E-state index contributed by atoms with van der Waals surface area (Å²) in [6, 6.07) is 3.60. The monoisotopic (exact) mass is 371 g/mol. The molecule has 0 bridgehead atoms. The zero-order chi connectivity index (χ0) is 19.0. The summed E-state index contributed by atoms with van der Waals surface area (Å²) in [5.74, 6) is 0.342. The molecule has 1 aliphatic heterocycles. The zero-order valence-corrected chi connectivity index (χ0v) is 15.9. The maximum Gasteiger partial charge on any atom is 0.262 e. The maximum absolute atomic E-state index is 14.8. The number of nitrogens with zero attached hydrogens (tertiary/aromatic N) is 2. The molecule has 5 nitrogen and oxygen atoms in total. The molecule has 0 saturated heterocycles. The van der Waals surface area contributed by atoms with E-state index in [0.29, 0.717) is 6.42 Å². The SMILES string of the molecule is COC1CCC2(CC1)Cc1cc(F)c(C3CC3)cc1C21N=C(N)N(C)C1=O. The smallest absolute Gasteiger partial charge is 0.262 e. The highest BCUT2D eigenvalue weighted by molar-refractivity contribution is 6.08. The number of ether oxygens (including phenoxy) is 1. The van der Waals surface area contributed by atoms with Crippen LogP contribution in [0.4, 0.5) is 4.39 Å². The minimum atomic E-state index is -1.00. The number of aliphatic imine (C=N–C) groups is 1. The van der Waals surface area contributed by atoms with Gasteiger partial charge in [0.05, 0.1) is 6.10 Å². The summed E-state index contributed by atoms with van der Waals surface area (Å²) in [6.07, 6.45) is 6.36. The van der Waals surface area contributed by atoms with Gasteiger partial charge in [-0.1, -0.05) is 0 Å². The Hall–Kier alpha value is -1.95. The summed E-state index contributed by atoms with van der Waals surface area (Å²) in [4.78, 5) is 19.8. The van der Waals surface area contributed by atoms with Crippen LogP contribution in [0.3, 0.4) is 0 Å². The second-order valence-electron chi connectivity index (χ2n) is 8.74. The Morgan fingerprint density at radius 2 is 1.96 bits per heavy atom. The van der Waals surface area contributed by atoms with Gasteiger partial charge in [0, 0.05) is 19.6 Å². The second-order valence-corrected chi connectivity index (χ2v) is 8.74. The van der Waals surface area contributed by atoms with Crippen molar-refractivity contribution in [3.63, 3.8) is 0 Å². The molecule has 1 unspecified atom stereocenters. The summed E-state index contributed by atoms with van der Waals surface area (Å²) in [7, 11) is 3.43. The fourth-order valence-electron chi connectivity index (χ4n) is 5.68. The van der Waals surface area contributed by atoms with Crippen molar-refractivity contribution in [1.82, 2.24) is 4.90 Å². The molecule has 144 valence electrons. The summed E-state index contributed by atoms with van der Waals surface area (Å²) in [6.45, 7) is 0. The first-order chi connectivity index (χ1) is 12.9. The van der Waals surface area contributed by atoms with Crippen LogP contribution in [-0.4, -0.2) is 37.0 Å². The van der Waals surface area contributed by atoms with Gasteiger partial charge in [0.1, 0.15) is 5.82 Å². The number of nitrogens with two attached hydrogens (primary N) is 1. The van der Waals surface area contributed by atoms with Crippen molar-refractivity contribution in [3.8, 4) is 0 Å². The highest BCUT2D eigenvalue weighted by Crippen LogP contribution is 2.62. The zero-order valence-electron chi connectivity index (χ0n) is 15.9. The number of amides is 1. The molecule has 0 aromatic heterocycles. The number of fused-ring (bicyclic) bond motifs is 3. The average molecular weight is 371 g/mol. The molecule has 1 amide bonds. The first-order valence-electron chi connectivity index (χ1n) is 9.91. The van der Waals surface area contributed by atoms with Crippen LogP contribution in [0.15, 0.2) is 17.1 Å². The van der Waals surface area contributed by atoms with E-state index in [-0.39, 0.29) is 35.1 Å². The number of halogens is 1. The minimum Gasteiger partial charge on any atom is -0.381 e. The van der Waals surface area contributed by atoms with Crippen molar-refractivity contribution < 1.29 is 13.9 Å². The number of carbonyl (C=O) groups is 1. The Bertz CT molecular complexity index is 855. The van der Waals surface area contributed by atoms with E-state index in [1.165, 1.54) is 4.90 Å². The molecule has 0 radical (unpaired) electrons. The first-order valence-corrected chi connectivity index (χ1v) is 9.91. The van der Waals surface area contributed by atoms with E-state index in [2.05, 4.69) is 0 Å². The second kappa shape index (κ2) is 5.53. The summed E-state index contributed by atoms with van der Waals surface area (Å²) >= 11 is 0. The highest BCUT2D eigenvalue weighted by atomic mass is 19.1. The Labute approximate surface area is 158 Å². The minimum absolute atomic E-state index is 0.0667. The Morgan fingerprint density at radius 3 is 2.52 bits per heavy atom. The van der Waals surface area contributed by atoms with Gasteiger partial charge in [-0.15, -0.1) is 0 Å². The van der Waals surface area contributed by atoms with Crippen LogP contribution in [0, 0.1) is 11.2 Å². The molecular formula is C21H26FN3O2. The third-order valence-electron chi connectivity index (χ3n) is 7.39. The van der Waals surface area contributed by atoms with Crippen molar-refractivity contribution >= 4 is 11.9 Å². The number of likely N-dealkylation sites (N-methyl/N-ethyl adjacent to an activating group) is 1. The van der Waals surface area contributed by atoms with E-state index in [1.54, 1.807) is 20.2 Å². The molecule has 27 heavy (non-hydrogen) atoms. The number of methoxy groups -OCH3 is 1. The van der Waals surface area contributed by atoms with E-state index in [4.69, 9.17) is 15.5 Å². The van der Waals surface area contributed by atoms with Gasteiger partial charge in [0.15, 0.2) is 11.5 Å². The van der Waals surface area contributed by atoms with Crippen LogP contribution < -0.4 is 5.73 Å². The Kier molecular flexibility index (Phi) is 3.52. The lowest BCUT2D eigenvalue weighted by atomic mass is 9.61. The van der Waals surface area contributed by atoms with Crippen LogP contribution in [0.2, 0.25) is 0 Å². The predicted octanol–water partition coefficient (Wildman–Crippen LogP) is 2.82. The van der Waals surface area contributed by atoms with Crippen molar-refractivity contribution in [2.45, 2.75) is 62.5 Å². The molecule has 6 heteroatoms. The molecule has 2 fully saturated rings. The van der Waals surface area contributed by atoms with Crippen molar-refractivity contribution in [2.24, 2.45) is 16.1 Å². The number of hydrogen-bond acceptors (Lipinski definition) is 4. The summed E-state index contributed by atoms with van der Waals surface area (Å²) < 4.78 is 20.3. The third-order valence-corrected chi connectivity index (χ3v) is 7.39. The van der Waals surface area contributed by atoms with Crippen LogP contribution in [0.5, 0.6) is 0 Å². The number of guanidine groups is 1. The lowest BCUT2D eigenvalue weighted by Gasteiger charge is -2.45. The van der Waals surface area contributed by atoms with Crippen LogP contribution in [-0.2, 0) is 21.5 Å². The van der Waals surface area contributed by atoms with E-state index >= 15 is 0 Å². The topological polar surface area (TPSA) is 67.9 Å². The quantitative estimate of drug-likeness (QED) is 0.869. The lowest BCUT2D eigenvalue weighted by Crippen LogP contribution is -2.51. The van der Waals surface area contributed by atoms with Crippen molar-refractivity contribution in [3.05, 3.63) is 34.6 Å². The van der Waals surface area contributed by atoms with Crippen molar-refractivity contribution in [2.75, 3.05) is 14.2 Å². The molecule has 2 N–H and O–H groups in total. The number of benzene rings is 1. The number of rotatable bonds is 2. The average Bonchev–Trinajstić information content (AvgIpc) is 3.43. The van der Waals surface area contributed by atoms with E-state index in [0.717, 1.165) is 55.2 Å². The van der Waals surface area contributed by atoms with Gasteiger partial charge >= 0.3 is 0 Å². The van der Waals surface area contributed by atoms with Crippen LogP contribution >= 0.6 is 0 Å². The molecular weight excluding hydrogens is 345 g/mol. The summed E-state index contributed by atoms with van der Waals surface area (Å²) in [5, 5.41) is 0.